The number of nitrogens with one attached hydrogen (secondary N) is 2. The highest BCUT2D eigenvalue weighted by molar-refractivity contribution is 5.47. The Kier molecular flexibility index (Phi) is 3.46. The van der Waals surface area contributed by atoms with Crippen molar-refractivity contribution < 1.29 is 0 Å². The third-order valence-corrected chi connectivity index (χ3v) is 4.16. The molecule has 0 spiro atoms. The fraction of sp³-hybridized carbons (Fsp3) is 0.714. The molecule has 2 aliphatic rings. The second kappa shape index (κ2) is 5.22. The van der Waals surface area contributed by atoms with Crippen LogP contribution in [-0.2, 0) is 13.0 Å². The molecule has 98 valence electrons. The van der Waals surface area contributed by atoms with Crippen molar-refractivity contribution in [2.45, 2.75) is 51.0 Å². The maximum Gasteiger partial charge on any atom is 0.134 e. The average molecular weight is 246 g/mol. The van der Waals surface area contributed by atoms with E-state index in [9.17, 15) is 0 Å². The summed E-state index contributed by atoms with van der Waals surface area (Å²) in [5.41, 5.74) is 2.52. The van der Waals surface area contributed by atoms with Gasteiger partial charge in [-0.2, -0.15) is 0 Å². The molecule has 1 aromatic rings. The zero-order valence-corrected chi connectivity index (χ0v) is 11.1. The highest BCUT2D eigenvalue weighted by atomic mass is 15.0. The van der Waals surface area contributed by atoms with Crippen LogP contribution in [0, 0.1) is 0 Å². The van der Waals surface area contributed by atoms with Gasteiger partial charge in [-0.25, -0.2) is 9.97 Å². The topological polar surface area (TPSA) is 49.8 Å². The van der Waals surface area contributed by atoms with Crippen LogP contribution in [-0.4, -0.2) is 23.6 Å². The molecule has 0 aromatic carbocycles. The SMILES string of the molecule is CNc1nc(C2CCCCC2)nc2c1CNCC2. The summed E-state index contributed by atoms with van der Waals surface area (Å²) in [5, 5.41) is 6.64. The summed E-state index contributed by atoms with van der Waals surface area (Å²) in [5.74, 6) is 2.71. The molecule has 0 unspecified atom stereocenters. The van der Waals surface area contributed by atoms with Crippen molar-refractivity contribution >= 4 is 5.82 Å². The van der Waals surface area contributed by atoms with Crippen molar-refractivity contribution in [1.29, 1.82) is 0 Å². The minimum Gasteiger partial charge on any atom is -0.373 e. The van der Waals surface area contributed by atoms with E-state index in [0.717, 1.165) is 31.2 Å². The van der Waals surface area contributed by atoms with Crippen molar-refractivity contribution in [2.75, 3.05) is 18.9 Å². The van der Waals surface area contributed by atoms with Gasteiger partial charge in [0.05, 0.1) is 5.69 Å². The standard InChI is InChI=1S/C14H22N4/c1-15-14-11-9-16-8-7-12(11)17-13(18-14)10-5-3-2-4-6-10/h10,16H,2-9H2,1H3,(H,15,17,18). The van der Waals surface area contributed by atoms with Crippen LogP contribution >= 0.6 is 0 Å². The summed E-state index contributed by atoms with van der Waals surface area (Å²) >= 11 is 0. The van der Waals surface area contributed by atoms with E-state index in [2.05, 4.69) is 10.6 Å². The first kappa shape index (κ1) is 11.9. The molecular formula is C14H22N4. The van der Waals surface area contributed by atoms with Crippen LogP contribution in [0.15, 0.2) is 0 Å². The minimum atomic E-state index is 0.589. The van der Waals surface area contributed by atoms with Crippen LogP contribution < -0.4 is 10.6 Å². The largest absolute Gasteiger partial charge is 0.373 e. The highest BCUT2D eigenvalue weighted by Crippen LogP contribution is 2.32. The number of aromatic nitrogens is 2. The second-order valence-corrected chi connectivity index (χ2v) is 5.37. The summed E-state index contributed by atoms with van der Waals surface area (Å²) in [6.45, 7) is 1.94. The van der Waals surface area contributed by atoms with Crippen molar-refractivity contribution in [2.24, 2.45) is 0 Å². The van der Waals surface area contributed by atoms with Gasteiger partial charge in [0.2, 0.25) is 0 Å². The smallest absolute Gasteiger partial charge is 0.134 e. The van der Waals surface area contributed by atoms with E-state index in [1.165, 1.54) is 43.4 Å². The van der Waals surface area contributed by atoms with Gasteiger partial charge in [-0.3, -0.25) is 0 Å². The molecule has 0 radical (unpaired) electrons. The van der Waals surface area contributed by atoms with E-state index < -0.39 is 0 Å². The highest BCUT2D eigenvalue weighted by Gasteiger charge is 2.22. The molecule has 0 saturated heterocycles. The molecule has 0 amide bonds. The quantitative estimate of drug-likeness (QED) is 0.840. The lowest BCUT2D eigenvalue weighted by atomic mass is 9.88. The van der Waals surface area contributed by atoms with E-state index >= 15 is 0 Å². The first-order chi connectivity index (χ1) is 8.88. The van der Waals surface area contributed by atoms with Gasteiger partial charge in [-0.1, -0.05) is 19.3 Å². The number of hydrogen-bond donors (Lipinski definition) is 2. The molecule has 1 saturated carbocycles. The van der Waals surface area contributed by atoms with E-state index in [1.807, 2.05) is 7.05 Å². The Balaban J connectivity index is 1.94. The van der Waals surface area contributed by atoms with Crippen molar-refractivity contribution in [1.82, 2.24) is 15.3 Å². The van der Waals surface area contributed by atoms with Crippen molar-refractivity contribution in [3.63, 3.8) is 0 Å². The molecular weight excluding hydrogens is 224 g/mol. The fourth-order valence-corrected chi connectivity index (χ4v) is 3.11. The molecule has 2 N–H and O–H groups in total. The molecule has 1 fully saturated rings. The van der Waals surface area contributed by atoms with E-state index in [4.69, 9.17) is 9.97 Å². The lowest BCUT2D eigenvalue weighted by Gasteiger charge is -2.24. The molecule has 2 heterocycles. The number of hydrogen-bond acceptors (Lipinski definition) is 4. The van der Waals surface area contributed by atoms with Gasteiger partial charge in [0.25, 0.3) is 0 Å². The maximum absolute atomic E-state index is 4.85. The Morgan fingerprint density at radius 1 is 1.17 bits per heavy atom. The van der Waals surface area contributed by atoms with E-state index in [-0.39, 0.29) is 0 Å². The first-order valence-electron chi connectivity index (χ1n) is 7.16. The summed E-state index contributed by atoms with van der Waals surface area (Å²) in [6.07, 6.45) is 7.61. The lowest BCUT2D eigenvalue weighted by molar-refractivity contribution is 0.426. The van der Waals surface area contributed by atoms with Crippen molar-refractivity contribution in [3.8, 4) is 0 Å². The average Bonchev–Trinajstić information content (AvgIpc) is 2.47. The zero-order valence-electron chi connectivity index (χ0n) is 11.1. The Hall–Kier alpha value is -1.16. The lowest BCUT2D eigenvalue weighted by Crippen LogP contribution is -2.27. The summed E-state index contributed by atoms with van der Waals surface area (Å²) in [7, 11) is 1.96. The Morgan fingerprint density at radius 3 is 2.78 bits per heavy atom. The summed E-state index contributed by atoms with van der Waals surface area (Å²) in [4.78, 5) is 9.62. The van der Waals surface area contributed by atoms with E-state index in [1.54, 1.807) is 0 Å². The van der Waals surface area contributed by atoms with Gasteiger partial charge in [0.15, 0.2) is 0 Å². The second-order valence-electron chi connectivity index (χ2n) is 5.37. The van der Waals surface area contributed by atoms with Gasteiger partial charge >= 0.3 is 0 Å². The number of rotatable bonds is 2. The molecule has 0 atom stereocenters. The van der Waals surface area contributed by atoms with Crippen LogP contribution in [0.4, 0.5) is 5.82 Å². The monoisotopic (exact) mass is 246 g/mol. The van der Waals surface area contributed by atoms with Crippen LogP contribution in [0.2, 0.25) is 0 Å². The summed E-state index contributed by atoms with van der Waals surface area (Å²) in [6, 6.07) is 0. The molecule has 3 rings (SSSR count). The maximum atomic E-state index is 4.85. The number of fused-ring (bicyclic) bond motifs is 1. The number of anilines is 1. The number of nitrogens with zero attached hydrogens (tertiary/aromatic N) is 2. The van der Waals surface area contributed by atoms with Gasteiger partial charge in [0.1, 0.15) is 11.6 Å². The van der Waals surface area contributed by atoms with Crippen LogP contribution in [0.1, 0.15) is 55.1 Å². The minimum absolute atomic E-state index is 0.589. The van der Waals surface area contributed by atoms with E-state index in [0.29, 0.717) is 5.92 Å². The molecule has 4 nitrogen and oxygen atoms in total. The molecule has 1 aromatic heterocycles. The van der Waals surface area contributed by atoms with Gasteiger partial charge in [0, 0.05) is 38.0 Å². The Bertz CT molecular complexity index is 407. The predicted octanol–water partition coefficient (Wildman–Crippen LogP) is 2.21. The van der Waals surface area contributed by atoms with Crippen LogP contribution in [0.3, 0.4) is 0 Å². The van der Waals surface area contributed by atoms with Gasteiger partial charge in [-0.15, -0.1) is 0 Å². The molecule has 0 bridgehead atoms. The summed E-state index contributed by atoms with van der Waals surface area (Å²) < 4.78 is 0. The molecule has 1 aliphatic heterocycles. The predicted molar refractivity (Wildman–Crippen MR) is 72.8 cm³/mol. The fourth-order valence-electron chi connectivity index (χ4n) is 3.11. The van der Waals surface area contributed by atoms with Crippen LogP contribution in [0.25, 0.3) is 0 Å². The third-order valence-electron chi connectivity index (χ3n) is 4.16. The Morgan fingerprint density at radius 2 is 2.00 bits per heavy atom. The van der Waals surface area contributed by atoms with Gasteiger partial charge < -0.3 is 10.6 Å². The Labute approximate surface area is 109 Å². The normalized spacial score (nSPS) is 20.5. The zero-order chi connectivity index (χ0) is 12.4. The molecule has 1 aliphatic carbocycles. The third kappa shape index (κ3) is 2.21. The molecule has 4 heteroatoms. The van der Waals surface area contributed by atoms with Crippen molar-refractivity contribution in [3.05, 3.63) is 17.1 Å². The first-order valence-corrected chi connectivity index (χ1v) is 7.16. The van der Waals surface area contributed by atoms with Crippen LogP contribution in [0.5, 0.6) is 0 Å². The van der Waals surface area contributed by atoms with Gasteiger partial charge in [-0.05, 0) is 12.8 Å². The molecule has 18 heavy (non-hydrogen) atoms.